The fraction of sp³-hybridized carbons (Fsp3) is 0.400. The van der Waals surface area contributed by atoms with E-state index in [9.17, 15) is 9.18 Å². The van der Waals surface area contributed by atoms with Crippen LogP contribution in [0.5, 0.6) is 0 Å². The molecule has 0 atom stereocenters. The van der Waals surface area contributed by atoms with E-state index in [0.717, 1.165) is 44.5 Å². The number of hydrogen-bond donors (Lipinski definition) is 2. The monoisotopic (exact) mass is 407 g/mol. The zero-order valence-electron chi connectivity index (χ0n) is 17.6. The molecule has 158 valence electrons. The van der Waals surface area contributed by atoms with E-state index < -0.39 is 0 Å². The molecule has 0 saturated carbocycles. The highest BCUT2D eigenvalue weighted by atomic mass is 19.1. The van der Waals surface area contributed by atoms with Crippen molar-refractivity contribution in [3.63, 3.8) is 0 Å². The summed E-state index contributed by atoms with van der Waals surface area (Å²) in [5.41, 5.74) is 4.80. The molecule has 0 bridgehead atoms. The van der Waals surface area contributed by atoms with Crippen molar-refractivity contribution in [2.45, 2.75) is 45.7 Å². The number of rotatable bonds is 7. The quantitative estimate of drug-likeness (QED) is 0.584. The minimum Gasteiger partial charge on any atom is -0.357 e. The molecule has 0 spiro atoms. The molecule has 0 unspecified atom stereocenters. The molecular formula is C25H30FN3O. The number of aromatic nitrogens is 1. The Morgan fingerprint density at radius 1 is 1.13 bits per heavy atom. The molecule has 4 nitrogen and oxygen atoms in total. The molecule has 1 saturated heterocycles. The fourth-order valence-corrected chi connectivity index (χ4v) is 4.38. The second kappa shape index (κ2) is 9.43. The van der Waals surface area contributed by atoms with Crippen molar-refractivity contribution in [1.82, 2.24) is 15.2 Å². The average molecular weight is 408 g/mol. The minimum atomic E-state index is -0.254. The number of aromatic amines is 1. The van der Waals surface area contributed by atoms with Gasteiger partial charge >= 0.3 is 0 Å². The van der Waals surface area contributed by atoms with E-state index in [0.29, 0.717) is 18.9 Å². The number of fused-ring (bicyclic) bond motifs is 1. The molecule has 1 fully saturated rings. The summed E-state index contributed by atoms with van der Waals surface area (Å²) in [4.78, 5) is 18.2. The van der Waals surface area contributed by atoms with Gasteiger partial charge in [0.2, 0.25) is 5.91 Å². The van der Waals surface area contributed by atoms with Gasteiger partial charge in [-0.2, -0.15) is 0 Å². The van der Waals surface area contributed by atoms with E-state index >= 15 is 0 Å². The second-order valence-electron chi connectivity index (χ2n) is 8.44. The van der Waals surface area contributed by atoms with Gasteiger partial charge in [-0.05, 0) is 74.5 Å². The summed E-state index contributed by atoms with van der Waals surface area (Å²) in [5.74, 6) is 0.438. The topological polar surface area (TPSA) is 48.1 Å². The zero-order chi connectivity index (χ0) is 20.9. The molecule has 1 amide bonds. The lowest BCUT2D eigenvalue weighted by atomic mass is 9.92. The number of nitrogens with zero attached hydrogens (tertiary/aromatic N) is 1. The van der Waals surface area contributed by atoms with Gasteiger partial charge in [-0.25, -0.2) is 4.39 Å². The van der Waals surface area contributed by atoms with E-state index in [-0.39, 0.29) is 11.7 Å². The average Bonchev–Trinajstić information content (AvgIpc) is 3.08. The largest absolute Gasteiger partial charge is 0.357 e. The van der Waals surface area contributed by atoms with Crippen LogP contribution in [0.1, 0.15) is 42.5 Å². The molecule has 2 N–H and O–H groups in total. The number of hydrogen-bond acceptors (Lipinski definition) is 2. The minimum absolute atomic E-state index is 0.0791. The van der Waals surface area contributed by atoms with Gasteiger partial charge in [0.05, 0.1) is 0 Å². The van der Waals surface area contributed by atoms with Crippen LogP contribution in [-0.4, -0.2) is 28.9 Å². The van der Waals surface area contributed by atoms with Crippen LogP contribution in [0.4, 0.5) is 4.39 Å². The van der Waals surface area contributed by atoms with E-state index in [4.69, 9.17) is 0 Å². The lowest BCUT2D eigenvalue weighted by molar-refractivity contribution is -0.121. The predicted octanol–water partition coefficient (Wildman–Crippen LogP) is 4.92. The van der Waals surface area contributed by atoms with Gasteiger partial charge in [0.1, 0.15) is 5.82 Å². The molecule has 1 aromatic heterocycles. The van der Waals surface area contributed by atoms with Gasteiger partial charge in [0.25, 0.3) is 0 Å². The molecule has 1 aliphatic heterocycles. The summed E-state index contributed by atoms with van der Waals surface area (Å²) in [6.07, 6.45) is 3.79. The molecule has 4 rings (SSSR count). The van der Waals surface area contributed by atoms with Gasteiger partial charge in [0.15, 0.2) is 0 Å². The first-order chi connectivity index (χ1) is 14.6. The van der Waals surface area contributed by atoms with Crippen LogP contribution in [0, 0.1) is 18.7 Å². The van der Waals surface area contributed by atoms with Crippen LogP contribution in [-0.2, 0) is 17.9 Å². The van der Waals surface area contributed by atoms with Gasteiger partial charge < -0.3 is 10.3 Å². The molecule has 2 aromatic carbocycles. The van der Waals surface area contributed by atoms with E-state index in [1.54, 1.807) is 12.1 Å². The Morgan fingerprint density at radius 3 is 2.60 bits per heavy atom. The Balaban J connectivity index is 1.18. The number of piperidine rings is 1. The van der Waals surface area contributed by atoms with Crippen molar-refractivity contribution in [3.8, 4) is 0 Å². The van der Waals surface area contributed by atoms with Gasteiger partial charge in [-0.1, -0.05) is 30.3 Å². The van der Waals surface area contributed by atoms with Crippen LogP contribution in [0.25, 0.3) is 10.9 Å². The van der Waals surface area contributed by atoms with Crippen molar-refractivity contribution in [1.29, 1.82) is 0 Å². The number of carbonyl (C=O) groups is 1. The van der Waals surface area contributed by atoms with Crippen molar-refractivity contribution in [2.24, 2.45) is 5.92 Å². The SMILES string of the molecule is Cc1c(CN2CCC(CCC(=O)NCc3ccc(F)cc3)CC2)[nH]c2ccccc12. The third-order valence-electron chi connectivity index (χ3n) is 6.34. The number of amides is 1. The number of para-hydroxylation sites is 1. The Morgan fingerprint density at radius 2 is 1.87 bits per heavy atom. The van der Waals surface area contributed by atoms with Gasteiger partial charge in [0, 0.05) is 36.1 Å². The Bertz CT molecular complexity index is 987. The second-order valence-corrected chi connectivity index (χ2v) is 8.44. The first-order valence-electron chi connectivity index (χ1n) is 10.9. The molecule has 3 aromatic rings. The lowest BCUT2D eigenvalue weighted by Crippen LogP contribution is -2.34. The standard InChI is InChI=1S/C25H30FN3O/c1-18-22-4-2-3-5-23(22)28-24(18)17-29-14-12-19(13-15-29)8-11-25(30)27-16-20-6-9-21(26)10-7-20/h2-7,9-10,19,28H,8,11-17H2,1H3,(H,27,30). The Hall–Kier alpha value is -2.66. The molecule has 1 aliphatic rings. The number of H-pyrrole nitrogens is 1. The molecular weight excluding hydrogens is 377 g/mol. The fourth-order valence-electron chi connectivity index (χ4n) is 4.38. The third-order valence-corrected chi connectivity index (χ3v) is 6.34. The highest BCUT2D eigenvalue weighted by molar-refractivity contribution is 5.84. The molecule has 2 heterocycles. The Labute approximate surface area is 177 Å². The summed E-state index contributed by atoms with van der Waals surface area (Å²) in [6.45, 7) is 5.78. The van der Waals surface area contributed by atoms with Crippen molar-refractivity contribution >= 4 is 16.8 Å². The van der Waals surface area contributed by atoms with Gasteiger partial charge in [-0.3, -0.25) is 9.69 Å². The maximum atomic E-state index is 12.9. The third kappa shape index (κ3) is 5.08. The first kappa shape index (κ1) is 20.6. The van der Waals surface area contributed by atoms with Crippen molar-refractivity contribution in [3.05, 3.63) is 71.2 Å². The summed E-state index contributed by atoms with van der Waals surface area (Å²) in [5, 5.41) is 4.26. The maximum absolute atomic E-state index is 12.9. The van der Waals surface area contributed by atoms with E-state index in [1.165, 1.54) is 34.3 Å². The summed E-state index contributed by atoms with van der Waals surface area (Å²) >= 11 is 0. The van der Waals surface area contributed by atoms with E-state index in [2.05, 4.69) is 46.4 Å². The summed E-state index contributed by atoms with van der Waals surface area (Å²) in [6, 6.07) is 14.7. The lowest BCUT2D eigenvalue weighted by Gasteiger charge is -2.31. The molecule has 30 heavy (non-hydrogen) atoms. The highest BCUT2D eigenvalue weighted by Crippen LogP contribution is 2.26. The van der Waals surface area contributed by atoms with Crippen LogP contribution in [0.2, 0.25) is 0 Å². The number of aryl methyl sites for hydroxylation is 1. The van der Waals surface area contributed by atoms with Crippen LogP contribution in [0.3, 0.4) is 0 Å². The number of benzene rings is 2. The van der Waals surface area contributed by atoms with Gasteiger partial charge in [-0.15, -0.1) is 0 Å². The summed E-state index contributed by atoms with van der Waals surface area (Å²) < 4.78 is 12.9. The predicted molar refractivity (Wildman–Crippen MR) is 119 cm³/mol. The molecule has 5 heteroatoms. The van der Waals surface area contributed by atoms with Crippen molar-refractivity contribution < 1.29 is 9.18 Å². The zero-order valence-corrected chi connectivity index (χ0v) is 17.6. The number of carbonyl (C=O) groups excluding carboxylic acids is 1. The van der Waals surface area contributed by atoms with E-state index in [1.807, 2.05) is 0 Å². The van der Waals surface area contributed by atoms with Crippen LogP contribution in [0.15, 0.2) is 48.5 Å². The Kier molecular flexibility index (Phi) is 6.48. The van der Waals surface area contributed by atoms with Crippen molar-refractivity contribution in [2.75, 3.05) is 13.1 Å². The van der Waals surface area contributed by atoms with Crippen LogP contribution >= 0.6 is 0 Å². The number of likely N-dealkylation sites (tertiary alicyclic amines) is 1. The molecule has 0 radical (unpaired) electrons. The number of halogens is 1. The normalized spacial score (nSPS) is 15.5. The highest BCUT2D eigenvalue weighted by Gasteiger charge is 2.21. The first-order valence-corrected chi connectivity index (χ1v) is 10.9. The number of nitrogens with one attached hydrogen (secondary N) is 2. The molecule has 0 aliphatic carbocycles. The smallest absolute Gasteiger partial charge is 0.220 e. The maximum Gasteiger partial charge on any atom is 0.220 e. The van der Waals surface area contributed by atoms with Crippen LogP contribution < -0.4 is 5.32 Å². The summed E-state index contributed by atoms with van der Waals surface area (Å²) in [7, 11) is 0.